The van der Waals surface area contributed by atoms with Gasteiger partial charge in [0.2, 0.25) is 0 Å². The quantitative estimate of drug-likeness (QED) is 0.577. The predicted molar refractivity (Wildman–Crippen MR) is 110 cm³/mol. The molecular formula is C22H18F3N3O2S. The molecule has 160 valence electrons. The summed E-state index contributed by atoms with van der Waals surface area (Å²) in [6.45, 7) is 1.94. The molecular weight excluding hydrogens is 427 g/mol. The first kappa shape index (κ1) is 20.1. The number of rotatable bonds is 2. The summed E-state index contributed by atoms with van der Waals surface area (Å²) in [6.07, 6.45) is -4.41. The van der Waals surface area contributed by atoms with Crippen LogP contribution in [0.3, 0.4) is 0 Å². The molecule has 1 saturated heterocycles. The normalized spacial score (nSPS) is 16.0. The van der Waals surface area contributed by atoms with Crippen molar-refractivity contribution in [3.05, 3.63) is 65.4 Å². The van der Waals surface area contributed by atoms with Crippen LogP contribution in [0.1, 0.15) is 21.6 Å². The fourth-order valence-electron chi connectivity index (χ4n) is 3.87. The van der Waals surface area contributed by atoms with E-state index in [2.05, 4.69) is 5.10 Å². The van der Waals surface area contributed by atoms with E-state index >= 15 is 0 Å². The Bertz CT molecular complexity index is 1140. The number of hydrogen-bond acceptors (Lipinski definition) is 4. The highest BCUT2D eigenvalue weighted by molar-refractivity contribution is 7.98. The molecule has 1 fully saturated rings. The number of benzene rings is 2. The van der Waals surface area contributed by atoms with E-state index in [0.717, 1.165) is 17.3 Å². The van der Waals surface area contributed by atoms with Crippen LogP contribution in [0.2, 0.25) is 0 Å². The van der Waals surface area contributed by atoms with Crippen LogP contribution in [0.5, 0.6) is 0 Å². The smallest absolute Gasteiger partial charge is 0.378 e. The van der Waals surface area contributed by atoms with E-state index in [-0.39, 0.29) is 5.91 Å². The predicted octanol–water partition coefficient (Wildman–Crippen LogP) is 4.64. The number of carbonyl (C=O) groups is 1. The first-order valence-electron chi connectivity index (χ1n) is 9.82. The van der Waals surface area contributed by atoms with Crippen LogP contribution < -0.4 is 0 Å². The lowest BCUT2D eigenvalue weighted by atomic mass is 10.0. The lowest BCUT2D eigenvalue weighted by Crippen LogP contribution is -2.41. The van der Waals surface area contributed by atoms with Crippen molar-refractivity contribution in [3.8, 4) is 16.9 Å². The SMILES string of the molecule is O=C(c1nn(-c2ccccc2)c2c1CSc1cc(C(F)(F)F)ccc1-2)N1CCOCC1. The number of nitrogens with zero attached hydrogens (tertiary/aromatic N) is 3. The highest BCUT2D eigenvalue weighted by atomic mass is 32.2. The van der Waals surface area contributed by atoms with Gasteiger partial charge in [0, 0.05) is 34.9 Å². The van der Waals surface area contributed by atoms with Gasteiger partial charge in [0.15, 0.2) is 5.69 Å². The highest BCUT2D eigenvalue weighted by Gasteiger charge is 2.35. The van der Waals surface area contributed by atoms with Gasteiger partial charge in [-0.15, -0.1) is 11.8 Å². The van der Waals surface area contributed by atoms with Crippen molar-refractivity contribution in [2.75, 3.05) is 26.3 Å². The summed E-state index contributed by atoms with van der Waals surface area (Å²) in [4.78, 5) is 15.5. The molecule has 0 N–H and O–H groups in total. The Labute approximate surface area is 180 Å². The van der Waals surface area contributed by atoms with Crippen molar-refractivity contribution < 1.29 is 22.7 Å². The first-order valence-corrected chi connectivity index (χ1v) is 10.8. The number of ether oxygens (including phenoxy) is 1. The largest absolute Gasteiger partial charge is 0.416 e. The summed E-state index contributed by atoms with van der Waals surface area (Å²) in [5.74, 6) is 0.201. The maximum Gasteiger partial charge on any atom is 0.416 e. The third-order valence-electron chi connectivity index (χ3n) is 5.42. The zero-order valence-corrected chi connectivity index (χ0v) is 17.2. The third kappa shape index (κ3) is 3.61. The monoisotopic (exact) mass is 445 g/mol. The van der Waals surface area contributed by atoms with E-state index in [1.165, 1.54) is 23.9 Å². The zero-order valence-electron chi connectivity index (χ0n) is 16.4. The van der Waals surface area contributed by atoms with Crippen LogP contribution in [0.15, 0.2) is 53.4 Å². The van der Waals surface area contributed by atoms with E-state index < -0.39 is 11.7 Å². The number of alkyl halides is 3. The maximum absolute atomic E-state index is 13.3. The van der Waals surface area contributed by atoms with Crippen molar-refractivity contribution >= 4 is 17.7 Å². The number of amides is 1. The molecule has 0 bridgehead atoms. The Hall–Kier alpha value is -2.78. The highest BCUT2D eigenvalue weighted by Crippen LogP contribution is 2.46. The van der Waals surface area contributed by atoms with Gasteiger partial charge in [-0.25, -0.2) is 4.68 Å². The van der Waals surface area contributed by atoms with Crippen LogP contribution in [0, 0.1) is 0 Å². The Morgan fingerprint density at radius 3 is 2.52 bits per heavy atom. The minimum absolute atomic E-state index is 0.176. The van der Waals surface area contributed by atoms with Crippen molar-refractivity contribution in [2.45, 2.75) is 16.8 Å². The molecule has 31 heavy (non-hydrogen) atoms. The van der Waals surface area contributed by atoms with Crippen LogP contribution in [-0.4, -0.2) is 46.9 Å². The molecule has 0 unspecified atom stereocenters. The molecule has 2 aliphatic heterocycles. The Morgan fingerprint density at radius 1 is 1.06 bits per heavy atom. The minimum Gasteiger partial charge on any atom is -0.378 e. The van der Waals surface area contributed by atoms with Crippen LogP contribution in [0.25, 0.3) is 16.9 Å². The second-order valence-electron chi connectivity index (χ2n) is 7.33. The summed E-state index contributed by atoms with van der Waals surface area (Å²) in [6, 6.07) is 13.1. The molecule has 0 radical (unpaired) electrons. The van der Waals surface area contributed by atoms with E-state index in [4.69, 9.17) is 4.74 Å². The second-order valence-corrected chi connectivity index (χ2v) is 8.34. The molecule has 3 heterocycles. The Morgan fingerprint density at radius 2 is 1.81 bits per heavy atom. The standard InChI is InChI=1S/C22H18F3N3O2S/c23-22(24,25)14-6-7-16-18(12-14)31-13-17-19(21(29)27-8-10-30-11-9-27)26-28(20(16)17)15-4-2-1-3-5-15/h1-7,12H,8-11,13H2. The fourth-order valence-corrected chi connectivity index (χ4v) is 4.98. The fraction of sp³-hybridized carbons (Fsp3) is 0.273. The van der Waals surface area contributed by atoms with E-state index in [9.17, 15) is 18.0 Å². The topological polar surface area (TPSA) is 47.4 Å². The average molecular weight is 445 g/mol. The van der Waals surface area contributed by atoms with E-state index in [1.807, 2.05) is 30.3 Å². The van der Waals surface area contributed by atoms with Crippen molar-refractivity contribution in [3.63, 3.8) is 0 Å². The van der Waals surface area contributed by atoms with Gasteiger partial charge < -0.3 is 9.64 Å². The Kier molecular flexibility index (Phi) is 5.02. The second kappa shape index (κ2) is 7.72. The molecule has 5 nitrogen and oxygen atoms in total. The summed E-state index contributed by atoms with van der Waals surface area (Å²) in [5, 5.41) is 4.66. The van der Waals surface area contributed by atoms with Gasteiger partial charge in [0.1, 0.15) is 0 Å². The van der Waals surface area contributed by atoms with Gasteiger partial charge >= 0.3 is 6.18 Å². The van der Waals surface area contributed by atoms with E-state index in [1.54, 1.807) is 9.58 Å². The number of aromatic nitrogens is 2. The number of para-hydroxylation sites is 1. The summed E-state index contributed by atoms with van der Waals surface area (Å²) < 4.78 is 46.7. The lowest BCUT2D eigenvalue weighted by molar-refractivity contribution is -0.137. The molecule has 2 aromatic carbocycles. The number of carbonyl (C=O) groups excluding carboxylic acids is 1. The molecule has 0 atom stereocenters. The van der Waals surface area contributed by atoms with Gasteiger partial charge in [-0.3, -0.25) is 4.79 Å². The summed E-state index contributed by atoms with van der Waals surface area (Å²) in [7, 11) is 0. The molecule has 1 amide bonds. The zero-order chi connectivity index (χ0) is 21.6. The van der Waals surface area contributed by atoms with Crippen molar-refractivity contribution in [1.82, 2.24) is 14.7 Å². The van der Waals surface area contributed by atoms with E-state index in [0.29, 0.717) is 53.9 Å². The molecule has 2 aliphatic rings. The molecule has 5 rings (SSSR count). The number of halogens is 3. The van der Waals surface area contributed by atoms with Gasteiger partial charge in [0.05, 0.1) is 30.2 Å². The first-order chi connectivity index (χ1) is 14.9. The third-order valence-corrected chi connectivity index (χ3v) is 6.50. The van der Waals surface area contributed by atoms with Crippen molar-refractivity contribution in [2.24, 2.45) is 0 Å². The molecule has 1 aromatic heterocycles. The number of hydrogen-bond donors (Lipinski definition) is 0. The number of fused-ring (bicyclic) bond motifs is 3. The molecule has 0 spiro atoms. The lowest BCUT2D eigenvalue weighted by Gasteiger charge is -2.26. The summed E-state index contributed by atoms with van der Waals surface area (Å²) in [5.41, 5.74) is 2.48. The van der Waals surface area contributed by atoms with Gasteiger partial charge in [-0.1, -0.05) is 24.3 Å². The van der Waals surface area contributed by atoms with Crippen molar-refractivity contribution in [1.29, 1.82) is 0 Å². The molecule has 0 aliphatic carbocycles. The minimum atomic E-state index is -4.41. The van der Waals surface area contributed by atoms with Crippen LogP contribution >= 0.6 is 11.8 Å². The number of thioether (sulfide) groups is 1. The molecule has 9 heteroatoms. The molecule has 3 aromatic rings. The summed E-state index contributed by atoms with van der Waals surface area (Å²) >= 11 is 1.30. The van der Waals surface area contributed by atoms with Crippen LogP contribution in [0.4, 0.5) is 13.2 Å². The molecule has 0 saturated carbocycles. The van der Waals surface area contributed by atoms with Gasteiger partial charge in [-0.2, -0.15) is 18.3 Å². The Balaban J connectivity index is 1.67. The van der Waals surface area contributed by atoms with Gasteiger partial charge in [0.25, 0.3) is 5.91 Å². The maximum atomic E-state index is 13.3. The van der Waals surface area contributed by atoms with Gasteiger partial charge in [-0.05, 0) is 24.3 Å². The average Bonchev–Trinajstić information content (AvgIpc) is 3.19. The van der Waals surface area contributed by atoms with Crippen LogP contribution in [-0.2, 0) is 16.7 Å². The number of morpholine rings is 1.